The molecule has 0 saturated carbocycles. The molecule has 10 heavy (non-hydrogen) atoms. The molecule has 1 nitrogen and oxygen atoms in total. The quantitative estimate of drug-likeness (QED) is 0.555. The second-order valence-corrected chi connectivity index (χ2v) is 2.99. The predicted molar refractivity (Wildman–Crippen MR) is 42.1 cm³/mol. The van der Waals surface area contributed by atoms with Gasteiger partial charge >= 0.3 is 0 Å². The van der Waals surface area contributed by atoms with Gasteiger partial charge in [-0.3, -0.25) is 0 Å². The van der Waals surface area contributed by atoms with Crippen LogP contribution in [-0.2, 0) is 19.4 Å². The highest BCUT2D eigenvalue weighted by molar-refractivity contribution is 5.20. The van der Waals surface area contributed by atoms with Crippen molar-refractivity contribution in [2.24, 2.45) is 0 Å². The summed E-state index contributed by atoms with van der Waals surface area (Å²) in [6, 6.07) is 2.34. The van der Waals surface area contributed by atoms with Crippen LogP contribution in [0.3, 0.4) is 0 Å². The number of hydrogen-bond donors (Lipinski definition) is 0. The fraction of sp³-hybridized carbons (Fsp3) is 0.556. The summed E-state index contributed by atoms with van der Waals surface area (Å²) in [6.45, 7) is 3.46. The molecule has 2 heterocycles. The average molecular weight is 135 g/mol. The number of aryl methyl sites for hydroxylation is 3. The van der Waals surface area contributed by atoms with Gasteiger partial charge in [0.1, 0.15) is 0 Å². The van der Waals surface area contributed by atoms with E-state index in [0.29, 0.717) is 0 Å². The van der Waals surface area contributed by atoms with Crippen molar-refractivity contribution in [1.29, 1.82) is 0 Å². The summed E-state index contributed by atoms with van der Waals surface area (Å²) in [5, 5.41) is 0. The lowest BCUT2D eigenvalue weighted by molar-refractivity contribution is 0.746. The van der Waals surface area contributed by atoms with Gasteiger partial charge in [0.2, 0.25) is 0 Å². The molecule has 1 aliphatic heterocycles. The Morgan fingerprint density at radius 1 is 1.60 bits per heavy atom. The monoisotopic (exact) mass is 135 g/mol. The van der Waals surface area contributed by atoms with Crippen molar-refractivity contribution in [3.8, 4) is 0 Å². The largest absolute Gasteiger partial charge is 0.351 e. The van der Waals surface area contributed by atoms with Gasteiger partial charge in [0.05, 0.1) is 0 Å². The molecule has 0 fully saturated rings. The molecule has 1 aliphatic rings. The predicted octanol–water partition coefficient (Wildman–Crippen LogP) is 2.00. The van der Waals surface area contributed by atoms with E-state index in [2.05, 4.69) is 23.8 Å². The third kappa shape index (κ3) is 0.772. The van der Waals surface area contributed by atoms with Crippen LogP contribution in [0.25, 0.3) is 0 Å². The van der Waals surface area contributed by atoms with Crippen molar-refractivity contribution >= 4 is 0 Å². The lowest BCUT2D eigenvalue weighted by Crippen LogP contribution is -1.87. The van der Waals surface area contributed by atoms with Crippen molar-refractivity contribution in [2.75, 3.05) is 0 Å². The second-order valence-electron chi connectivity index (χ2n) is 2.99. The van der Waals surface area contributed by atoms with Crippen LogP contribution in [0.4, 0.5) is 0 Å². The molecule has 0 aliphatic carbocycles. The maximum Gasteiger partial charge on any atom is 0.0226 e. The molecule has 0 N–H and O–H groups in total. The lowest BCUT2D eigenvalue weighted by atomic mass is 10.2. The van der Waals surface area contributed by atoms with Gasteiger partial charge in [0.15, 0.2) is 0 Å². The summed E-state index contributed by atoms with van der Waals surface area (Å²) in [6.07, 6.45) is 6.11. The van der Waals surface area contributed by atoms with Crippen LogP contribution in [0.1, 0.15) is 24.6 Å². The van der Waals surface area contributed by atoms with Gasteiger partial charge in [-0.25, -0.2) is 0 Å². The van der Waals surface area contributed by atoms with E-state index in [1.54, 1.807) is 0 Å². The summed E-state index contributed by atoms with van der Waals surface area (Å²) in [4.78, 5) is 0. The van der Waals surface area contributed by atoms with Gasteiger partial charge < -0.3 is 4.57 Å². The third-order valence-electron chi connectivity index (χ3n) is 2.28. The molecule has 1 heteroatoms. The van der Waals surface area contributed by atoms with Crippen LogP contribution in [0.15, 0.2) is 12.3 Å². The molecule has 0 unspecified atom stereocenters. The average Bonchev–Trinajstić information content (AvgIpc) is 2.42. The summed E-state index contributed by atoms with van der Waals surface area (Å²) in [7, 11) is 0. The van der Waals surface area contributed by atoms with Crippen LogP contribution in [-0.4, -0.2) is 4.57 Å². The van der Waals surface area contributed by atoms with Gasteiger partial charge in [-0.15, -0.1) is 0 Å². The van der Waals surface area contributed by atoms with Crippen LogP contribution < -0.4 is 0 Å². The third-order valence-corrected chi connectivity index (χ3v) is 2.28. The van der Waals surface area contributed by atoms with Gasteiger partial charge in [-0.05, 0) is 30.9 Å². The Labute approximate surface area is 61.7 Å². The standard InChI is InChI=1S/C9H13N/c1-2-8-6-9-4-3-5-10(9)7-8/h6-7H,2-5H2,1H3. The topological polar surface area (TPSA) is 4.93 Å². The van der Waals surface area contributed by atoms with Crippen LogP contribution in [0, 0.1) is 0 Å². The van der Waals surface area contributed by atoms with E-state index in [9.17, 15) is 0 Å². The Hall–Kier alpha value is -0.720. The number of fused-ring (bicyclic) bond motifs is 1. The van der Waals surface area contributed by atoms with Crippen molar-refractivity contribution in [3.05, 3.63) is 23.5 Å². The Balaban J connectivity index is 2.37. The fourth-order valence-electron chi connectivity index (χ4n) is 1.67. The molecule has 0 bridgehead atoms. The minimum Gasteiger partial charge on any atom is -0.351 e. The van der Waals surface area contributed by atoms with Gasteiger partial charge in [-0.2, -0.15) is 0 Å². The minimum absolute atomic E-state index is 1.18. The van der Waals surface area contributed by atoms with Crippen LogP contribution >= 0.6 is 0 Å². The molecular weight excluding hydrogens is 122 g/mol. The summed E-state index contributed by atoms with van der Waals surface area (Å²) < 4.78 is 2.39. The van der Waals surface area contributed by atoms with Crippen LogP contribution in [0.5, 0.6) is 0 Å². The SMILES string of the molecule is CCc1cc2n(c1)CCC2. The first-order valence-corrected chi connectivity index (χ1v) is 4.08. The molecule has 0 spiro atoms. The molecule has 2 rings (SSSR count). The van der Waals surface area contributed by atoms with E-state index >= 15 is 0 Å². The molecular formula is C9H13N. The first-order valence-electron chi connectivity index (χ1n) is 4.08. The highest BCUT2D eigenvalue weighted by atomic mass is 15.0. The van der Waals surface area contributed by atoms with E-state index in [-0.39, 0.29) is 0 Å². The Kier molecular flexibility index (Phi) is 1.30. The highest BCUT2D eigenvalue weighted by Crippen LogP contribution is 2.17. The summed E-state index contributed by atoms with van der Waals surface area (Å²) >= 11 is 0. The Bertz CT molecular complexity index is 213. The highest BCUT2D eigenvalue weighted by Gasteiger charge is 2.09. The van der Waals surface area contributed by atoms with E-state index in [0.717, 1.165) is 0 Å². The normalized spacial score (nSPS) is 15.7. The zero-order chi connectivity index (χ0) is 6.97. The fourth-order valence-corrected chi connectivity index (χ4v) is 1.67. The van der Waals surface area contributed by atoms with Crippen molar-refractivity contribution in [2.45, 2.75) is 32.7 Å². The van der Waals surface area contributed by atoms with E-state index < -0.39 is 0 Å². The minimum atomic E-state index is 1.18. The summed E-state index contributed by atoms with van der Waals surface area (Å²) in [5.41, 5.74) is 3.03. The number of nitrogens with zero attached hydrogens (tertiary/aromatic N) is 1. The Morgan fingerprint density at radius 2 is 2.50 bits per heavy atom. The second kappa shape index (κ2) is 2.15. The molecule has 54 valence electrons. The Morgan fingerprint density at radius 3 is 3.20 bits per heavy atom. The molecule has 1 aromatic rings. The molecule has 1 aromatic heterocycles. The van der Waals surface area contributed by atoms with Gasteiger partial charge in [-0.1, -0.05) is 6.92 Å². The maximum atomic E-state index is 2.39. The number of aromatic nitrogens is 1. The smallest absolute Gasteiger partial charge is 0.0226 e. The summed E-state index contributed by atoms with van der Waals surface area (Å²) in [5.74, 6) is 0. The van der Waals surface area contributed by atoms with Gasteiger partial charge in [0.25, 0.3) is 0 Å². The number of hydrogen-bond acceptors (Lipinski definition) is 0. The maximum absolute atomic E-state index is 2.39. The first-order chi connectivity index (χ1) is 4.90. The van der Waals surface area contributed by atoms with E-state index in [4.69, 9.17) is 0 Å². The molecule has 0 radical (unpaired) electrons. The zero-order valence-corrected chi connectivity index (χ0v) is 6.43. The van der Waals surface area contributed by atoms with Crippen molar-refractivity contribution in [3.63, 3.8) is 0 Å². The van der Waals surface area contributed by atoms with E-state index in [1.807, 2.05) is 0 Å². The van der Waals surface area contributed by atoms with Crippen LogP contribution in [0.2, 0.25) is 0 Å². The zero-order valence-electron chi connectivity index (χ0n) is 6.43. The molecule has 0 aromatic carbocycles. The first kappa shape index (κ1) is 6.02. The van der Waals surface area contributed by atoms with Gasteiger partial charge in [0, 0.05) is 18.4 Å². The lowest BCUT2D eigenvalue weighted by Gasteiger charge is -1.91. The molecule has 0 saturated heterocycles. The van der Waals surface area contributed by atoms with Crippen molar-refractivity contribution < 1.29 is 0 Å². The molecule has 0 atom stereocenters. The number of rotatable bonds is 1. The molecule has 0 amide bonds. The van der Waals surface area contributed by atoms with Crippen molar-refractivity contribution in [1.82, 2.24) is 4.57 Å². The van der Waals surface area contributed by atoms with E-state index in [1.165, 1.54) is 37.1 Å².